The number of likely N-dealkylation sites (N-methyl/N-ethyl adjacent to an activating group) is 1. The summed E-state index contributed by atoms with van der Waals surface area (Å²) in [5, 5.41) is 4.68. The van der Waals surface area contributed by atoms with Gasteiger partial charge in [0.05, 0.1) is 10.7 Å². The molecule has 0 aromatic carbocycles. The van der Waals surface area contributed by atoms with Gasteiger partial charge in [-0.15, -0.1) is 0 Å². The largest absolute Gasteiger partial charge is 0.336 e. The Kier molecular flexibility index (Phi) is 4.83. The molecule has 6 nitrogen and oxygen atoms in total. The first-order valence-corrected chi connectivity index (χ1v) is 7.40. The number of rotatable bonds is 4. The van der Waals surface area contributed by atoms with Crippen molar-refractivity contribution in [1.82, 2.24) is 19.7 Å². The molecule has 22 heavy (non-hydrogen) atoms. The molecule has 0 radical (unpaired) electrons. The van der Waals surface area contributed by atoms with E-state index in [1.54, 1.807) is 28.8 Å². The second-order valence-electron chi connectivity index (χ2n) is 5.34. The van der Waals surface area contributed by atoms with Crippen LogP contribution >= 0.6 is 11.6 Å². The molecule has 0 aliphatic rings. The van der Waals surface area contributed by atoms with Gasteiger partial charge < -0.3 is 10.6 Å². The second kappa shape index (κ2) is 6.46. The molecule has 0 saturated heterocycles. The molecule has 0 aliphatic heterocycles. The van der Waals surface area contributed by atoms with Crippen LogP contribution in [-0.2, 0) is 0 Å². The first kappa shape index (κ1) is 16.5. The Morgan fingerprint density at radius 2 is 2.14 bits per heavy atom. The standard InChI is InChI=1S/C15H20ClN5O/c1-9-7-10(2)21(19-9)13-6-5-12(16)14(18-13)15(22)20(4)11(3)8-17/h5-7,11H,8,17H2,1-4H3. The number of hydrogen-bond acceptors (Lipinski definition) is 4. The quantitative estimate of drug-likeness (QED) is 0.933. The lowest BCUT2D eigenvalue weighted by molar-refractivity contribution is 0.0742. The lowest BCUT2D eigenvalue weighted by Crippen LogP contribution is -2.40. The second-order valence-corrected chi connectivity index (χ2v) is 5.75. The van der Waals surface area contributed by atoms with Crippen LogP contribution in [-0.4, -0.2) is 45.2 Å². The number of hydrogen-bond donors (Lipinski definition) is 1. The molecule has 0 aliphatic carbocycles. The van der Waals surface area contributed by atoms with Gasteiger partial charge in [0, 0.05) is 25.3 Å². The minimum absolute atomic E-state index is 0.0947. The predicted octanol–water partition coefficient (Wildman–Crippen LogP) is 1.96. The number of nitrogens with zero attached hydrogens (tertiary/aromatic N) is 4. The van der Waals surface area contributed by atoms with Crippen molar-refractivity contribution >= 4 is 17.5 Å². The maximum atomic E-state index is 12.5. The molecule has 2 aromatic rings. The summed E-state index contributed by atoms with van der Waals surface area (Å²) in [6, 6.07) is 5.25. The topological polar surface area (TPSA) is 77.0 Å². The molecule has 2 rings (SSSR count). The zero-order valence-electron chi connectivity index (χ0n) is 13.2. The van der Waals surface area contributed by atoms with Crippen LogP contribution in [0.2, 0.25) is 5.02 Å². The maximum absolute atomic E-state index is 12.5. The number of pyridine rings is 1. The van der Waals surface area contributed by atoms with Gasteiger partial charge in [0.2, 0.25) is 0 Å². The Balaban J connectivity index is 2.43. The molecule has 2 aromatic heterocycles. The minimum atomic E-state index is -0.258. The van der Waals surface area contributed by atoms with Crippen LogP contribution in [0.25, 0.3) is 5.82 Å². The van der Waals surface area contributed by atoms with Crippen molar-refractivity contribution in [3.05, 3.63) is 40.3 Å². The average molecular weight is 322 g/mol. The summed E-state index contributed by atoms with van der Waals surface area (Å²) in [5.74, 6) is 0.304. The summed E-state index contributed by atoms with van der Waals surface area (Å²) in [5.41, 5.74) is 7.64. The van der Waals surface area contributed by atoms with E-state index in [1.165, 1.54) is 0 Å². The van der Waals surface area contributed by atoms with Gasteiger partial charge in [0.25, 0.3) is 5.91 Å². The number of nitrogens with two attached hydrogens (primary N) is 1. The highest BCUT2D eigenvalue weighted by Crippen LogP contribution is 2.19. The van der Waals surface area contributed by atoms with Crippen LogP contribution in [0.1, 0.15) is 28.8 Å². The van der Waals surface area contributed by atoms with Gasteiger partial charge in [0.1, 0.15) is 5.69 Å². The summed E-state index contributed by atoms with van der Waals surface area (Å²) >= 11 is 6.14. The van der Waals surface area contributed by atoms with Crippen molar-refractivity contribution in [1.29, 1.82) is 0 Å². The fraction of sp³-hybridized carbons (Fsp3) is 0.400. The van der Waals surface area contributed by atoms with Crippen molar-refractivity contribution in [3.63, 3.8) is 0 Å². The molecule has 0 saturated carbocycles. The van der Waals surface area contributed by atoms with Crippen molar-refractivity contribution in [3.8, 4) is 5.82 Å². The molecule has 2 N–H and O–H groups in total. The lowest BCUT2D eigenvalue weighted by atomic mass is 10.2. The third-order valence-corrected chi connectivity index (χ3v) is 3.89. The van der Waals surface area contributed by atoms with Gasteiger partial charge in [-0.2, -0.15) is 5.10 Å². The molecule has 2 heterocycles. The number of carbonyl (C=O) groups is 1. The fourth-order valence-electron chi connectivity index (χ4n) is 2.09. The molecule has 1 amide bonds. The number of aromatic nitrogens is 3. The zero-order chi connectivity index (χ0) is 16.4. The van der Waals surface area contributed by atoms with Gasteiger partial charge in [-0.05, 0) is 39.0 Å². The molecular formula is C15H20ClN5O. The summed E-state index contributed by atoms with van der Waals surface area (Å²) in [6.07, 6.45) is 0. The molecular weight excluding hydrogens is 302 g/mol. The monoisotopic (exact) mass is 321 g/mol. The summed E-state index contributed by atoms with van der Waals surface area (Å²) in [4.78, 5) is 18.5. The van der Waals surface area contributed by atoms with E-state index in [4.69, 9.17) is 17.3 Å². The van der Waals surface area contributed by atoms with Gasteiger partial charge >= 0.3 is 0 Å². The Morgan fingerprint density at radius 1 is 1.45 bits per heavy atom. The Morgan fingerprint density at radius 3 is 2.68 bits per heavy atom. The van der Waals surface area contributed by atoms with E-state index in [-0.39, 0.29) is 17.6 Å². The van der Waals surface area contributed by atoms with Gasteiger partial charge in [-0.1, -0.05) is 11.6 Å². The Hall–Kier alpha value is -1.92. The molecule has 0 spiro atoms. The van der Waals surface area contributed by atoms with E-state index < -0.39 is 0 Å². The molecule has 1 unspecified atom stereocenters. The summed E-state index contributed by atoms with van der Waals surface area (Å²) in [7, 11) is 1.69. The van der Waals surface area contributed by atoms with E-state index in [2.05, 4.69) is 10.1 Å². The number of halogens is 1. The van der Waals surface area contributed by atoms with Crippen LogP contribution in [0.15, 0.2) is 18.2 Å². The van der Waals surface area contributed by atoms with Crippen LogP contribution in [0.3, 0.4) is 0 Å². The highest BCUT2D eigenvalue weighted by Gasteiger charge is 2.21. The average Bonchev–Trinajstić information content (AvgIpc) is 2.84. The third kappa shape index (κ3) is 3.13. The molecule has 1 atom stereocenters. The van der Waals surface area contributed by atoms with Crippen molar-refractivity contribution in [2.24, 2.45) is 5.73 Å². The van der Waals surface area contributed by atoms with Crippen molar-refractivity contribution in [2.45, 2.75) is 26.8 Å². The van der Waals surface area contributed by atoms with E-state index in [0.29, 0.717) is 17.4 Å². The fourth-order valence-corrected chi connectivity index (χ4v) is 2.27. The van der Waals surface area contributed by atoms with Crippen LogP contribution in [0.5, 0.6) is 0 Å². The maximum Gasteiger partial charge on any atom is 0.274 e. The number of amides is 1. The van der Waals surface area contributed by atoms with Crippen molar-refractivity contribution in [2.75, 3.05) is 13.6 Å². The Labute approximate surface area is 134 Å². The van der Waals surface area contributed by atoms with Gasteiger partial charge in [0.15, 0.2) is 5.82 Å². The first-order valence-electron chi connectivity index (χ1n) is 7.02. The predicted molar refractivity (Wildman–Crippen MR) is 86.5 cm³/mol. The molecule has 0 bridgehead atoms. The normalized spacial score (nSPS) is 12.3. The number of aryl methyl sites for hydroxylation is 2. The van der Waals surface area contributed by atoms with E-state index in [9.17, 15) is 4.79 Å². The summed E-state index contributed by atoms with van der Waals surface area (Å²) < 4.78 is 1.69. The number of carbonyl (C=O) groups excluding carboxylic acids is 1. The Bertz CT molecular complexity index is 697. The molecule has 7 heteroatoms. The van der Waals surface area contributed by atoms with Crippen molar-refractivity contribution < 1.29 is 4.79 Å². The molecule has 0 fully saturated rings. The highest BCUT2D eigenvalue weighted by molar-refractivity contribution is 6.33. The molecule has 118 valence electrons. The van der Waals surface area contributed by atoms with Crippen LogP contribution in [0.4, 0.5) is 0 Å². The van der Waals surface area contributed by atoms with Crippen LogP contribution in [0, 0.1) is 13.8 Å². The lowest BCUT2D eigenvalue weighted by Gasteiger charge is -2.23. The van der Waals surface area contributed by atoms with E-state index in [0.717, 1.165) is 11.4 Å². The highest BCUT2D eigenvalue weighted by atomic mass is 35.5. The van der Waals surface area contributed by atoms with Gasteiger partial charge in [-0.25, -0.2) is 9.67 Å². The zero-order valence-corrected chi connectivity index (χ0v) is 13.9. The van der Waals surface area contributed by atoms with Gasteiger partial charge in [-0.3, -0.25) is 4.79 Å². The van der Waals surface area contributed by atoms with Crippen LogP contribution < -0.4 is 5.73 Å². The van der Waals surface area contributed by atoms with E-state index >= 15 is 0 Å². The SMILES string of the molecule is Cc1cc(C)n(-c2ccc(Cl)c(C(=O)N(C)C(C)CN)n2)n1. The third-order valence-electron chi connectivity index (χ3n) is 3.58. The first-order chi connectivity index (χ1) is 10.3. The smallest absolute Gasteiger partial charge is 0.274 e. The summed E-state index contributed by atoms with van der Waals surface area (Å²) in [6.45, 7) is 6.08. The van der Waals surface area contributed by atoms with E-state index in [1.807, 2.05) is 26.8 Å². The minimum Gasteiger partial charge on any atom is -0.336 e.